The Bertz CT molecular complexity index is 990. The number of hydrazine groups is 1. The van der Waals surface area contributed by atoms with E-state index in [0.717, 1.165) is 11.3 Å². The molecule has 142 valence electrons. The van der Waals surface area contributed by atoms with Gasteiger partial charge in [0.25, 0.3) is 11.8 Å². The molecular weight excluding hydrogens is 370 g/mol. The van der Waals surface area contributed by atoms with Crippen LogP contribution in [0.4, 0.5) is 0 Å². The molecule has 0 aliphatic heterocycles. The van der Waals surface area contributed by atoms with Gasteiger partial charge in [0.05, 0.1) is 0 Å². The van der Waals surface area contributed by atoms with Gasteiger partial charge in [-0.1, -0.05) is 35.9 Å². The van der Waals surface area contributed by atoms with Crippen LogP contribution in [0.15, 0.2) is 71.8 Å². The normalized spacial score (nSPS) is 10.4. The average Bonchev–Trinajstić information content (AvgIpc) is 2.72. The molecule has 2 aromatic carbocycles. The molecule has 1 heterocycles. The highest BCUT2D eigenvalue weighted by molar-refractivity contribution is 7.98. The number of nitrogens with one attached hydrogen (secondary N) is 2. The molecule has 0 fully saturated rings. The fraction of sp³-hybridized carbons (Fsp3) is 0.136. The largest absolute Gasteiger partial charge is 0.288 e. The molecule has 0 radical (unpaired) electrons. The van der Waals surface area contributed by atoms with Crippen LogP contribution in [0.1, 0.15) is 37.5 Å². The molecule has 0 bridgehead atoms. The zero-order chi connectivity index (χ0) is 19.9. The summed E-state index contributed by atoms with van der Waals surface area (Å²) in [5.74, 6) is -0.0798. The molecule has 2 N–H and O–H groups in total. The van der Waals surface area contributed by atoms with Crippen LogP contribution in [-0.2, 0) is 5.75 Å². The van der Waals surface area contributed by atoms with E-state index in [2.05, 4.69) is 47.9 Å². The fourth-order valence-corrected chi connectivity index (χ4v) is 3.62. The van der Waals surface area contributed by atoms with Gasteiger partial charge in [-0.25, -0.2) is 0 Å². The summed E-state index contributed by atoms with van der Waals surface area (Å²) in [6, 6.07) is 18.8. The van der Waals surface area contributed by atoms with Crippen LogP contribution in [0, 0.1) is 13.8 Å². The molecule has 5 nitrogen and oxygen atoms in total. The summed E-state index contributed by atoms with van der Waals surface area (Å²) < 4.78 is 0. The van der Waals surface area contributed by atoms with Crippen molar-refractivity contribution in [2.24, 2.45) is 0 Å². The summed E-state index contributed by atoms with van der Waals surface area (Å²) >= 11 is 1.74. The van der Waals surface area contributed by atoms with E-state index in [1.165, 1.54) is 22.2 Å². The smallest absolute Gasteiger partial charge is 0.267 e. The molecule has 3 aromatic rings. The molecule has 0 unspecified atom stereocenters. The standard InChI is InChI=1S/C22H21N3O2S/c1-15-9-10-20(16(2)12-15)28-14-17-6-5-7-18(13-17)21(26)24-25-22(27)19-8-3-4-11-23-19/h3-13H,14H2,1-2H3,(H,24,26)(H,25,27). The van der Waals surface area contributed by atoms with E-state index in [9.17, 15) is 9.59 Å². The van der Waals surface area contributed by atoms with Crippen molar-refractivity contribution in [1.29, 1.82) is 0 Å². The van der Waals surface area contributed by atoms with Crippen LogP contribution in [0.3, 0.4) is 0 Å². The van der Waals surface area contributed by atoms with Crippen LogP contribution in [0.25, 0.3) is 0 Å². The van der Waals surface area contributed by atoms with Crippen molar-refractivity contribution in [3.63, 3.8) is 0 Å². The second-order valence-corrected chi connectivity index (χ2v) is 7.40. The minimum absolute atomic E-state index is 0.237. The van der Waals surface area contributed by atoms with Gasteiger partial charge in [0.1, 0.15) is 5.69 Å². The first-order valence-electron chi connectivity index (χ1n) is 8.83. The first-order valence-corrected chi connectivity index (χ1v) is 9.82. The minimum atomic E-state index is -0.462. The maximum Gasteiger partial charge on any atom is 0.288 e. The molecule has 0 saturated heterocycles. The van der Waals surface area contributed by atoms with Gasteiger partial charge in [0.2, 0.25) is 0 Å². The number of benzene rings is 2. The van der Waals surface area contributed by atoms with Crippen LogP contribution >= 0.6 is 11.8 Å². The number of carbonyl (C=O) groups is 2. The number of thioether (sulfide) groups is 1. The number of aryl methyl sites for hydroxylation is 2. The Balaban J connectivity index is 1.59. The molecule has 6 heteroatoms. The highest BCUT2D eigenvalue weighted by atomic mass is 32.2. The third kappa shape index (κ3) is 5.20. The highest BCUT2D eigenvalue weighted by Crippen LogP contribution is 2.26. The molecule has 0 saturated carbocycles. The zero-order valence-corrected chi connectivity index (χ0v) is 16.5. The Kier molecular flexibility index (Phi) is 6.45. The molecule has 28 heavy (non-hydrogen) atoms. The fourth-order valence-electron chi connectivity index (χ4n) is 2.67. The Morgan fingerprint density at radius 1 is 0.929 bits per heavy atom. The summed E-state index contributed by atoms with van der Waals surface area (Å²) in [4.78, 5) is 29.5. The summed E-state index contributed by atoms with van der Waals surface area (Å²) in [5, 5.41) is 0. The van der Waals surface area contributed by atoms with E-state index in [-0.39, 0.29) is 11.6 Å². The second-order valence-electron chi connectivity index (χ2n) is 6.38. The predicted octanol–water partition coefficient (Wildman–Crippen LogP) is 4.07. The van der Waals surface area contributed by atoms with Crippen molar-refractivity contribution in [2.45, 2.75) is 24.5 Å². The van der Waals surface area contributed by atoms with E-state index in [1.54, 1.807) is 36.0 Å². The summed E-state index contributed by atoms with van der Waals surface area (Å²) in [7, 11) is 0. The van der Waals surface area contributed by atoms with Gasteiger partial charge in [0.15, 0.2) is 0 Å². The van der Waals surface area contributed by atoms with Crippen molar-refractivity contribution >= 4 is 23.6 Å². The van der Waals surface area contributed by atoms with E-state index >= 15 is 0 Å². The van der Waals surface area contributed by atoms with Crippen molar-refractivity contribution in [3.8, 4) is 0 Å². The first kappa shape index (κ1) is 19.6. The highest BCUT2D eigenvalue weighted by Gasteiger charge is 2.10. The van der Waals surface area contributed by atoms with Gasteiger partial charge >= 0.3 is 0 Å². The van der Waals surface area contributed by atoms with Gasteiger partial charge < -0.3 is 0 Å². The lowest BCUT2D eigenvalue weighted by Gasteiger charge is -2.09. The molecular formula is C22H21N3O2S. The van der Waals surface area contributed by atoms with Gasteiger partial charge in [0, 0.05) is 22.4 Å². The number of aromatic nitrogens is 1. The molecule has 1 aromatic heterocycles. The number of pyridine rings is 1. The lowest BCUT2D eigenvalue weighted by atomic mass is 10.1. The van der Waals surface area contributed by atoms with Crippen LogP contribution < -0.4 is 10.9 Å². The van der Waals surface area contributed by atoms with Gasteiger partial charge in [-0.2, -0.15) is 0 Å². The number of hydrogen-bond acceptors (Lipinski definition) is 4. The Labute approximate surface area is 168 Å². The predicted molar refractivity (Wildman–Crippen MR) is 111 cm³/mol. The van der Waals surface area contributed by atoms with Gasteiger partial charge in [-0.15, -0.1) is 11.8 Å². The number of nitrogens with zero attached hydrogens (tertiary/aromatic N) is 1. The summed E-state index contributed by atoms with van der Waals surface area (Å²) in [6.07, 6.45) is 1.52. The third-order valence-corrected chi connectivity index (χ3v) is 5.35. The van der Waals surface area contributed by atoms with E-state index in [1.807, 2.05) is 18.2 Å². The maximum absolute atomic E-state index is 12.3. The van der Waals surface area contributed by atoms with Crippen molar-refractivity contribution in [1.82, 2.24) is 15.8 Å². The second kappa shape index (κ2) is 9.19. The van der Waals surface area contributed by atoms with Crippen LogP contribution in [-0.4, -0.2) is 16.8 Å². The van der Waals surface area contributed by atoms with E-state index < -0.39 is 5.91 Å². The average molecular weight is 391 g/mol. The maximum atomic E-state index is 12.3. The molecule has 3 rings (SSSR count). The van der Waals surface area contributed by atoms with E-state index in [4.69, 9.17) is 0 Å². The van der Waals surface area contributed by atoms with Crippen molar-refractivity contribution < 1.29 is 9.59 Å². The SMILES string of the molecule is Cc1ccc(SCc2cccc(C(=O)NNC(=O)c3ccccn3)c2)c(C)c1. The Morgan fingerprint density at radius 3 is 2.50 bits per heavy atom. The molecule has 0 spiro atoms. The topological polar surface area (TPSA) is 71.1 Å². The first-order chi connectivity index (χ1) is 13.5. The minimum Gasteiger partial charge on any atom is -0.267 e. The number of amides is 2. The molecule has 0 aliphatic carbocycles. The zero-order valence-electron chi connectivity index (χ0n) is 15.7. The van der Waals surface area contributed by atoms with Crippen LogP contribution in [0.5, 0.6) is 0 Å². The van der Waals surface area contributed by atoms with E-state index in [0.29, 0.717) is 5.56 Å². The molecule has 0 aliphatic rings. The Hall–Kier alpha value is -3.12. The molecule has 2 amide bonds. The Morgan fingerprint density at radius 2 is 1.75 bits per heavy atom. The van der Waals surface area contributed by atoms with Gasteiger partial charge in [-0.3, -0.25) is 25.4 Å². The lowest BCUT2D eigenvalue weighted by Crippen LogP contribution is -2.41. The van der Waals surface area contributed by atoms with Crippen molar-refractivity contribution in [3.05, 3.63) is 94.8 Å². The lowest BCUT2D eigenvalue weighted by molar-refractivity contribution is 0.0844. The monoisotopic (exact) mass is 391 g/mol. The van der Waals surface area contributed by atoms with Crippen LogP contribution in [0.2, 0.25) is 0 Å². The summed E-state index contributed by atoms with van der Waals surface area (Å²) in [5.41, 5.74) is 9.06. The summed E-state index contributed by atoms with van der Waals surface area (Å²) in [6.45, 7) is 4.18. The quantitative estimate of drug-likeness (QED) is 0.508. The molecule has 0 atom stereocenters. The third-order valence-electron chi connectivity index (χ3n) is 4.10. The number of carbonyl (C=O) groups excluding carboxylic acids is 2. The number of hydrogen-bond donors (Lipinski definition) is 2. The van der Waals surface area contributed by atoms with Gasteiger partial charge in [-0.05, 0) is 55.3 Å². The number of rotatable bonds is 5. The van der Waals surface area contributed by atoms with Crippen molar-refractivity contribution in [2.75, 3.05) is 0 Å².